The molecule has 2 atom stereocenters. The number of benzene rings is 2. The van der Waals surface area contributed by atoms with Gasteiger partial charge in [0.25, 0.3) is 0 Å². The van der Waals surface area contributed by atoms with Gasteiger partial charge in [-0.15, -0.1) is 0 Å². The van der Waals surface area contributed by atoms with E-state index in [1.165, 1.54) is 6.07 Å². The molecule has 0 bridgehead atoms. The molecule has 6 heterocycles. The first-order chi connectivity index (χ1) is 24.0. The van der Waals surface area contributed by atoms with Crippen LogP contribution >= 0.6 is 7.29 Å². The minimum Gasteiger partial charge on any atom is -0.508 e. The third-order valence-corrected chi connectivity index (χ3v) is 11.5. The predicted octanol–water partition coefficient (Wildman–Crippen LogP) is 6.11. The molecule has 2 aromatic heterocycles. The highest BCUT2D eigenvalue weighted by atomic mass is 31.2. The van der Waals surface area contributed by atoms with E-state index in [1.807, 2.05) is 17.7 Å². The number of aromatic hydroxyl groups is 1. The summed E-state index contributed by atoms with van der Waals surface area (Å²) in [6.07, 6.45) is 3.48. The molecule has 4 aliphatic heterocycles. The molecule has 0 unspecified atom stereocenters. The second-order valence-electron chi connectivity index (χ2n) is 14.7. The molecule has 266 valence electrons. The van der Waals surface area contributed by atoms with Gasteiger partial charge in [-0.25, -0.2) is 8.78 Å². The first kappa shape index (κ1) is 33.2. The zero-order chi connectivity index (χ0) is 34.8. The molecule has 2 N–H and O–H groups in total. The summed E-state index contributed by atoms with van der Waals surface area (Å²) < 4.78 is 50.6. The van der Waals surface area contributed by atoms with E-state index >= 15 is 4.39 Å². The van der Waals surface area contributed by atoms with E-state index in [9.17, 15) is 14.1 Å². The first-order valence-electron chi connectivity index (χ1n) is 17.7. The lowest BCUT2D eigenvalue weighted by Gasteiger charge is -2.35. The van der Waals surface area contributed by atoms with E-state index < -0.39 is 13.5 Å². The lowest BCUT2D eigenvalue weighted by atomic mass is 9.95. The Bertz CT molecular complexity index is 2000. The van der Waals surface area contributed by atoms with Crippen LogP contribution in [-0.4, -0.2) is 87.6 Å². The van der Waals surface area contributed by atoms with Crippen LogP contribution in [0.25, 0.3) is 10.8 Å². The smallest absolute Gasteiger partial charge is 0.318 e. The Morgan fingerprint density at radius 2 is 1.94 bits per heavy atom. The van der Waals surface area contributed by atoms with Crippen molar-refractivity contribution in [2.75, 3.05) is 61.0 Å². The number of fused-ring (bicyclic) bond motifs is 4. The Kier molecular flexibility index (Phi) is 8.41. The lowest BCUT2D eigenvalue weighted by Crippen LogP contribution is -2.43. The Labute approximate surface area is 291 Å². The van der Waals surface area contributed by atoms with Gasteiger partial charge in [0, 0.05) is 74.7 Å². The number of anilines is 3. The van der Waals surface area contributed by atoms with Crippen molar-refractivity contribution >= 4 is 35.4 Å². The van der Waals surface area contributed by atoms with Crippen molar-refractivity contribution in [3.05, 3.63) is 58.7 Å². The zero-order valence-electron chi connectivity index (χ0n) is 29.0. The van der Waals surface area contributed by atoms with Gasteiger partial charge in [-0.3, -0.25) is 9.58 Å². The highest BCUT2D eigenvalue weighted by Gasteiger charge is 2.49. The van der Waals surface area contributed by atoms with Gasteiger partial charge in [-0.2, -0.15) is 15.1 Å². The molecule has 0 aliphatic carbocycles. The number of aryl methyl sites for hydroxylation is 2. The number of nitrogens with zero attached hydrogens (tertiary/aromatic N) is 7. The van der Waals surface area contributed by atoms with Gasteiger partial charge >= 0.3 is 6.01 Å². The number of hydrogen-bond acceptors (Lipinski definition) is 9. The van der Waals surface area contributed by atoms with Crippen LogP contribution in [-0.2, 0) is 37.0 Å². The number of alkyl halides is 1. The topological polar surface area (TPSA) is 112 Å². The molecule has 11 nitrogen and oxygen atoms in total. The maximum absolute atomic E-state index is 15.1. The normalized spacial score (nSPS) is 22.4. The number of aromatic nitrogens is 4. The van der Waals surface area contributed by atoms with E-state index in [2.05, 4.69) is 19.8 Å². The molecule has 0 amide bonds. The molecular formula is C36H45F2N8O3P. The summed E-state index contributed by atoms with van der Waals surface area (Å²) >= 11 is 0. The van der Waals surface area contributed by atoms with Crippen molar-refractivity contribution in [2.24, 2.45) is 0 Å². The van der Waals surface area contributed by atoms with E-state index in [1.54, 1.807) is 31.5 Å². The molecule has 2 fully saturated rings. The summed E-state index contributed by atoms with van der Waals surface area (Å²) in [6.45, 7) is 10.0. The molecule has 2 saturated heterocycles. The van der Waals surface area contributed by atoms with Crippen LogP contribution in [0.15, 0.2) is 30.3 Å². The van der Waals surface area contributed by atoms with Gasteiger partial charge < -0.3 is 29.3 Å². The number of hydrogen-bond donors (Lipinski definition) is 2. The lowest BCUT2D eigenvalue weighted by molar-refractivity contribution is 0.107. The Morgan fingerprint density at radius 1 is 1.08 bits per heavy atom. The summed E-state index contributed by atoms with van der Waals surface area (Å²) in [7, 11) is -2.53. The highest BCUT2D eigenvalue weighted by Crippen LogP contribution is 2.42. The van der Waals surface area contributed by atoms with Crippen LogP contribution < -0.4 is 19.6 Å². The van der Waals surface area contributed by atoms with Crippen molar-refractivity contribution in [3.63, 3.8) is 0 Å². The second-order valence-corrected chi connectivity index (χ2v) is 17.6. The summed E-state index contributed by atoms with van der Waals surface area (Å²) in [5.74, 6) is 1.28. The fourth-order valence-electron chi connectivity index (χ4n) is 8.61. The standard InChI is InChI=1S/C36H45F2N8O3P/c1-4-27-29(38)8-7-23-15-26(47)17-31(33(23)27)43-14-9-28-30(21-43)39-35(49-22-36-10-5-12-45(36)19-24(37)18-36)40-34(28)44-11-6-13-46-25(20-44)16-32(41-46)42-50(2,3)48/h7-8,15-17,24,47H,4-6,9-14,18-22H2,1-3H3,(H,41,42,48)/t24-,36+/m1/s1. The molecule has 2 aromatic carbocycles. The minimum atomic E-state index is -2.53. The quantitative estimate of drug-likeness (QED) is 0.208. The van der Waals surface area contributed by atoms with Gasteiger partial charge in [0.05, 0.1) is 30.0 Å². The molecule has 14 heteroatoms. The van der Waals surface area contributed by atoms with Gasteiger partial charge in [-0.1, -0.05) is 13.0 Å². The van der Waals surface area contributed by atoms with Crippen LogP contribution in [0.4, 0.5) is 26.1 Å². The molecule has 0 spiro atoms. The maximum Gasteiger partial charge on any atom is 0.318 e. The average Bonchev–Trinajstić information content (AvgIpc) is 3.68. The third-order valence-electron chi connectivity index (χ3n) is 10.8. The monoisotopic (exact) mass is 706 g/mol. The van der Waals surface area contributed by atoms with E-state index in [4.69, 9.17) is 19.8 Å². The van der Waals surface area contributed by atoms with Crippen molar-refractivity contribution in [2.45, 2.75) is 76.8 Å². The van der Waals surface area contributed by atoms with Gasteiger partial charge in [0.2, 0.25) is 0 Å². The van der Waals surface area contributed by atoms with Gasteiger partial charge in [0.15, 0.2) is 13.1 Å². The minimum absolute atomic E-state index is 0.125. The number of rotatable bonds is 8. The molecule has 8 rings (SSSR count). The van der Waals surface area contributed by atoms with Crippen molar-refractivity contribution in [1.29, 1.82) is 0 Å². The summed E-state index contributed by atoms with van der Waals surface area (Å²) in [5, 5.41) is 20.1. The first-order valence-corrected chi connectivity index (χ1v) is 20.3. The van der Waals surface area contributed by atoms with Crippen LogP contribution in [0.5, 0.6) is 11.8 Å². The van der Waals surface area contributed by atoms with Crippen molar-refractivity contribution < 1.29 is 23.2 Å². The number of halogens is 2. The van der Waals surface area contributed by atoms with Crippen molar-refractivity contribution in [1.82, 2.24) is 24.6 Å². The van der Waals surface area contributed by atoms with Crippen LogP contribution in [0, 0.1) is 5.82 Å². The zero-order valence-corrected chi connectivity index (χ0v) is 29.9. The Morgan fingerprint density at radius 3 is 2.76 bits per heavy atom. The van der Waals surface area contributed by atoms with E-state index in [-0.39, 0.29) is 23.1 Å². The van der Waals surface area contributed by atoms with Gasteiger partial charge in [0.1, 0.15) is 30.2 Å². The number of ether oxygens (including phenoxy) is 1. The second kappa shape index (κ2) is 12.7. The fraction of sp³-hybridized carbons (Fsp3) is 0.528. The maximum atomic E-state index is 15.1. The number of phenolic OH excluding ortho intramolecular Hbond substituents is 1. The largest absolute Gasteiger partial charge is 0.508 e. The molecule has 4 aliphatic rings. The molecule has 4 aromatic rings. The molecule has 0 saturated carbocycles. The van der Waals surface area contributed by atoms with E-state index in [0.29, 0.717) is 63.4 Å². The van der Waals surface area contributed by atoms with Crippen LogP contribution in [0.2, 0.25) is 0 Å². The summed E-state index contributed by atoms with van der Waals surface area (Å²) in [5.41, 5.74) is 3.89. The molecular weight excluding hydrogens is 661 g/mol. The Hall–Kier alpha value is -3.96. The molecule has 50 heavy (non-hydrogen) atoms. The summed E-state index contributed by atoms with van der Waals surface area (Å²) in [6, 6.07) is 8.82. The fourth-order valence-corrected chi connectivity index (χ4v) is 9.27. The number of phenols is 1. The molecule has 0 radical (unpaired) electrons. The Balaban J connectivity index is 1.17. The summed E-state index contributed by atoms with van der Waals surface area (Å²) in [4.78, 5) is 16.7. The van der Waals surface area contributed by atoms with Gasteiger partial charge in [-0.05, 0) is 61.7 Å². The highest BCUT2D eigenvalue weighted by molar-refractivity contribution is 7.63. The average molecular weight is 707 g/mol. The third kappa shape index (κ3) is 6.16. The SMILES string of the molecule is CCc1c(F)ccc2cc(O)cc(N3CCc4c(nc(OC[C@@]56CCCN5C[C@H](F)C6)nc4N4CCCn5nc(NP(C)(C)=O)cc5C4)C3)c12. The predicted molar refractivity (Wildman–Crippen MR) is 191 cm³/mol. The van der Waals surface area contributed by atoms with Crippen molar-refractivity contribution in [3.8, 4) is 11.8 Å². The van der Waals surface area contributed by atoms with Crippen LogP contribution in [0.3, 0.4) is 0 Å². The van der Waals surface area contributed by atoms with Crippen LogP contribution in [0.1, 0.15) is 55.1 Å². The van der Waals surface area contributed by atoms with E-state index in [0.717, 1.165) is 78.1 Å². The number of nitrogens with one attached hydrogen (secondary N) is 1.